The SMILES string of the molecule is CCc1cc(NS(=O)(=O)c2ccc(C)cc2)c(C(=O)OC)c(CC)n1. The van der Waals surface area contributed by atoms with Crippen LogP contribution in [-0.4, -0.2) is 26.5 Å². The van der Waals surface area contributed by atoms with Gasteiger partial charge in [-0.3, -0.25) is 9.71 Å². The molecule has 1 aromatic carbocycles. The third-order valence-electron chi connectivity index (χ3n) is 3.81. The van der Waals surface area contributed by atoms with E-state index in [0.717, 1.165) is 5.56 Å². The number of nitrogens with one attached hydrogen (secondary N) is 1. The number of esters is 1. The molecule has 0 radical (unpaired) electrons. The lowest BCUT2D eigenvalue weighted by atomic mass is 10.1. The van der Waals surface area contributed by atoms with E-state index in [1.807, 2.05) is 20.8 Å². The van der Waals surface area contributed by atoms with Gasteiger partial charge in [-0.25, -0.2) is 13.2 Å². The maximum Gasteiger partial charge on any atom is 0.341 e. The Morgan fingerprint density at radius 3 is 2.32 bits per heavy atom. The summed E-state index contributed by atoms with van der Waals surface area (Å²) in [4.78, 5) is 16.7. The van der Waals surface area contributed by atoms with Crippen molar-refractivity contribution in [3.05, 3.63) is 52.8 Å². The van der Waals surface area contributed by atoms with Crippen molar-refractivity contribution in [1.82, 2.24) is 4.98 Å². The van der Waals surface area contributed by atoms with Crippen molar-refractivity contribution in [3.63, 3.8) is 0 Å². The number of nitrogens with zero attached hydrogens (tertiary/aromatic N) is 1. The monoisotopic (exact) mass is 362 g/mol. The van der Waals surface area contributed by atoms with Crippen LogP contribution in [0.5, 0.6) is 0 Å². The zero-order valence-electron chi connectivity index (χ0n) is 14.8. The molecule has 0 aliphatic rings. The average molecular weight is 362 g/mol. The standard InChI is InChI=1S/C18H22N2O4S/c1-5-13-11-16(17(18(21)24-4)15(6-2)19-13)20-25(22,23)14-9-7-12(3)8-10-14/h7-11H,5-6H2,1-4H3,(H,19,20). The Labute approximate surface area is 148 Å². The Bertz CT molecular complexity index is 875. The third-order valence-corrected chi connectivity index (χ3v) is 5.19. The molecular formula is C18H22N2O4S. The van der Waals surface area contributed by atoms with Crippen molar-refractivity contribution >= 4 is 21.7 Å². The zero-order valence-corrected chi connectivity index (χ0v) is 15.6. The third kappa shape index (κ3) is 4.17. The number of aromatic nitrogens is 1. The van der Waals surface area contributed by atoms with Crippen molar-refractivity contribution in [3.8, 4) is 0 Å². The van der Waals surface area contributed by atoms with Gasteiger partial charge in [-0.15, -0.1) is 0 Å². The highest BCUT2D eigenvalue weighted by molar-refractivity contribution is 7.92. The predicted octanol–water partition coefficient (Wildman–Crippen LogP) is 3.10. The van der Waals surface area contributed by atoms with Crippen molar-refractivity contribution < 1.29 is 17.9 Å². The number of benzene rings is 1. The maximum absolute atomic E-state index is 12.7. The summed E-state index contributed by atoms with van der Waals surface area (Å²) in [6, 6.07) is 8.07. The number of aryl methyl sites for hydroxylation is 3. The smallest absolute Gasteiger partial charge is 0.341 e. The number of hydrogen-bond acceptors (Lipinski definition) is 5. The minimum absolute atomic E-state index is 0.127. The number of hydrogen-bond donors (Lipinski definition) is 1. The Balaban J connectivity index is 2.56. The quantitative estimate of drug-likeness (QED) is 0.798. The van der Waals surface area contributed by atoms with E-state index in [1.54, 1.807) is 18.2 Å². The Morgan fingerprint density at radius 1 is 1.16 bits per heavy atom. The van der Waals surface area contributed by atoms with E-state index in [-0.39, 0.29) is 16.1 Å². The van der Waals surface area contributed by atoms with Crippen LogP contribution < -0.4 is 4.72 Å². The second kappa shape index (κ2) is 7.65. The van der Waals surface area contributed by atoms with Crippen LogP contribution in [0, 0.1) is 6.92 Å². The van der Waals surface area contributed by atoms with Crippen molar-refractivity contribution in [2.45, 2.75) is 38.5 Å². The number of anilines is 1. The molecule has 0 unspecified atom stereocenters. The van der Waals surface area contributed by atoms with Crippen LogP contribution >= 0.6 is 0 Å². The fourth-order valence-corrected chi connectivity index (χ4v) is 3.49. The van der Waals surface area contributed by atoms with E-state index in [4.69, 9.17) is 4.74 Å². The van der Waals surface area contributed by atoms with Gasteiger partial charge in [0.1, 0.15) is 5.56 Å². The highest BCUT2D eigenvalue weighted by Gasteiger charge is 2.23. The van der Waals surface area contributed by atoms with Crippen LogP contribution in [0.2, 0.25) is 0 Å². The predicted molar refractivity (Wildman–Crippen MR) is 96.3 cm³/mol. The normalized spacial score (nSPS) is 11.2. The molecule has 2 aromatic rings. The van der Waals surface area contributed by atoms with Crippen LogP contribution in [0.1, 0.15) is 41.2 Å². The molecule has 0 atom stereocenters. The van der Waals surface area contributed by atoms with Gasteiger partial charge in [0.25, 0.3) is 10.0 Å². The summed E-state index contributed by atoms with van der Waals surface area (Å²) >= 11 is 0. The van der Waals surface area contributed by atoms with Crippen LogP contribution in [0.15, 0.2) is 35.2 Å². The van der Waals surface area contributed by atoms with E-state index < -0.39 is 16.0 Å². The molecule has 0 fully saturated rings. The summed E-state index contributed by atoms with van der Waals surface area (Å²) in [6.45, 7) is 5.65. The molecular weight excluding hydrogens is 340 g/mol. The second-order valence-electron chi connectivity index (χ2n) is 5.60. The molecule has 0 saturated heterocycles. The molecule has 0 aliphatic heterocycles. The molecule has 1 aromatic heterocycles. The number of ether oxygens (including phenoxy) is 1. The maximum atomic E-state index is 12.7. The van der Waals surface area contributed by atoms with Gasteiger partial charge in [0.05, 0.1) is 23.4 Å². The molecule has 25 heavy (non-hydrogen) atoms. The molecule has 0 aliphatic carbocycles. The van der Waals surface area contributed by atoms with Gasteiger partial charge < -0.3 is 4.74 Å². The van der Waals surface area contributed by atoms with E-state index in [0.29, 0.717) is 24.2 Å². The summed E-state index contributed by atoms with van der Waals surface area (Å²) in [5, 5.41) is 0. The fraction of sp³-hybridized carbons (Fsp3) is 0.333. The minimum atomic E-state index is -3.83. The molecule has 6 nitrogen and oxygen atoms in total. The zero-order chi connectivity index (χ0) is 18.6. The molecule has 0 amide bonds. The fourth-order valence-electron chi connectivity index (χ4n) is 2.42. The Kier molecular flexibility index (Phi) is 5.79. The summed E-state index contributed by atoms with van der Waals surface area (Å²) in [6.07, 6.45) is 1.10. The van der Waals surface area contributed by atoms with Gasteiger partial charge in [-0.1, -0.05) is 31.5 Å². The molecule has 0 saturated carbocycles. The van der Waals surface area contributed by atoms with Gasteiger partial charge in [-0.05, 0) is 38.0 Å². The topological polar surface area (TPSA) is 85.4 Å². The lowest BCUT2D eigenvalue weighted by Gasteiger charge is -2.15. The summed E-state index contributed by atoms with van der Waals surface area (Å²) in [5.74, 6) is -0.617. The summed E-state index contributed by atoms with van der Waals surface area (Å²) in [7, 11) is -2.57. The lowest BCUT2D eigenvalue weighted by Crippen LogP contribution is -2.19. The van der Waals surface area contributed by atoms with Gasteiger partial charge in [0.15, 0.2) is 0 Å². The second-order valence-corrected chi connectivity index (χ2v) is 7.28. The number of carbonyl (C=O) groups excluding carboxylic acids is 1. The largest absolute Gasteiger partial charge is 0.465 e. The molecule has 134 valence electrons. The highest BCUT2D eigenvalue weighted by Crippen LogP contribution is 2.25. The molecule has 7 heteroatoms. The molecule has 1 heterocycles. The van der Waals surface area contributed by atoms with Gasteiger partial charge in [0.2, 0.25) is 0 Å². The first kappa shape index (κ1) is 18.9. The van der Waals surface area contributed by atoms with E-state index >= 15 is 0 Å². The molecule has 0 spiro atoms. The summed E-state index contributed by atoms with van der Waals surface area (Å²) < 4.78 is 32.7. The highest BCUT2D eigenvalue weighted by atomic mass is 32.2. The van der Waals surface area contributed by atoms with Gasteiger partial charge >= 0.3 is 5.97 Å². The first-order valence-corrected chi connectivity index (χ1v) is 9.51. The number of methoxy groups -OCH3 is 1. The number of carbonyl (C=O) groups is 1. The van der Waals surface area contributed by atoms with E-state index in [2.05, 4.69) is 9.71 Å². The number of sulfonamides is 1. The Hall–Kier alpha value is -2.41. The van der Waals surface area contributed by atoms with E-state index in [9.17, 15) is 13.2 Å². The average Bonchev–Trinajstić information content (AvgIpc) is 2.60. The first-order valence-electron chi connectivity index (χ1n) is 8.03. The number of pyridine rings is 1. The van der Waals surface area contributed by atoms with Crippen LogP contribution in [-0.2, 0) is 27.6 Å². The van der Waals surface area contributed by atoms with Crippen molar-refractivity contribution in [2.75, 3.05) is 11.8 Å². The van der Waals surface area contributed by atoms with Gasteiger partial charge in [-0.2, -0.15) is 0 Å². The first-order chi connectivity index (χ1) is 11.8. The van der Waals surface area contributed by atoms with Crippen LogP contribution in [0.4, 0.5) is 5.69 Å². The molecule has 1 N–H and O–H groups in total. The van der Waals surface area contributed by atoms with Gasteiger partial charge in [0, 0.05) is 5.69 Å². The Morgan fingerprint density at radius 2 is 1.80 bits per heavy atom. The molecule has 2 rings (SSSR count). The van der Waals surface area contributed by atoms with Crippen molar-refractivity contribution in [1.29, 1.82) is 0 Å². The number of rotatable bonds is 6. The van der Waals surface area contributed by atoms with Crippen LogP contribution in [0.25, 0.3) is 0 Å². The summed E-state index contributed by atoms with van der Waals surface area (Å²) in [5.41, 5.74) is 2.51. The van der Waals surface area contributed by atoms with Crippen LogP contribution in [0.3, 0.4) is 0 Å². The van der Waals surface area contributed by atoms with Crippen molar-refractivity contribution in [2.24, 2.45) is 0 Å². The molecule has 0 bridgehead atoms. The minimum Gasteiger partial charge on any atom is -0.465 e. The van der Waals surface area contributed by atoms with E-state index in [1.165, 1.54) is 19.2 Å². The lowest BCUT2D eigenvalue weighted by molar-refractivity contribution is 0.0600.